The maximum Gasteiger partial charge on any atom is 0.317 e. The van der Waals surface area contributed by atoms with Crippen molar-refractivity contribution in [3.8, 4) is 6.07 Å². The minimum Gasteiger partial charge on any atom is -0.354 e. The van der Waals surface area contributed by atoms with Gasteiger partial charge in [0.2, 0.25) is 5.91 Å². The van der Waals surface area contributed by atoms with Crippen LogP contribution in [0.2, 0.25) is 0 Å². The number of hydrogen-bond donors (Lipinski definition) is 3. The lowest BCUT2D eigenvalue weighted by Gasteiger charge is -2.33. The number of nitriles is 1. The molecule has 3 fully saturated rings. The van der Waals surface area contributed by atoms with Gasteiger partial charge in [0, 0.05) is 31.6 Å². The van der Waals surface area contributed by atoms with Crippen LogP contribution in [0.4, 0.5) is 4.79 Å². The summed E-state index contributed by atoms with van der Waals surface area (Å²) in [6, 6.07) is 2.36. The number of urea groups is 1. The first-order valence-corrected chi connectivity index (χ1v) is 9.62. The summed E-state index contributed by atoms with van der Waals surface area (Å²) in [5.41, 5.74) is 0. The highest BCUT2D eigenvalue weighted by Gasteiger charge is 2.30. The highest BCUT2D eigenvalue weighted by atomic mass is 16.2. The second-order valence-electron chi connectivity index (χ2n) is 7.63. The summed E-state index contributed by atoms with van der Waals surface area (Å²) in [6.45, 7) is 3.03. The Labute approximate surface area is 149 Å². The lowest BCUT2D eigenvalue weighted by molar-refractivity contribution is -0.123. The zero-order chi connectivity index (χ0) is 17.6. The molecule has 7 heteroatoms. The maximum atomic E-state index is 12.5. The molecule has 0 spiro atoms. The molecule has 2 saturated heterocycles. The smallest absolute Gasteiger partial charge is 0.317 e. The molecular formula is C18H29N5O2. The van der Waals surface area contributed by atoms with E-state index in [1.165, 1.54) is 0 Å². The van der Waals surface area contributed by atoms with E-state index in [9.17, 15) is 9.59 Å². The molecule has 1 aliphatic carbocycles. The lowest BCUT2D eigenvalue weighted by atomic mass is 9.98. The fourth-order valence-corrected chi connectivity index (χ4v) is 4.19. The van der Waals surface area contributed by atoms with Gasteiger partial charge in [0.05, 0.1) is 12.1 Å². The quantitative estimate of drug-likeness (QED) is 0.706. The topological polar surface area (TPSA) is 97.3 Å². The van der Waals surface area contributed by atoms with Crippen molar-refractivity contribution in [3.63, 3.8) is 0 Å². The van der Waals surface area contributed by atoms with Crippen LogP contribution in [-0.2, 0) is 4.79 Å². The monoisotopic (exact) mass is 347 g/mol. The SMILES string of the molecule is N#C[C@H]1CC[C@@H](NC(=O)N2CCCC(CNC(=O)C3CCCN3)C2)C1. The predicted molar refractivity (Wildman–Crippen MR) is 93.6 cm³/mol. The van der Waals surface area contributed by atoms with Gasteiger partial charge >= 0.3 is 6.03 Å². The molecule has 0 aromatic heterocycles. The zero-order valence-corrected chi connectivity index (χ0v) is 14.8. The Morgan fingerprint density at radius 1 is 1.20 bits per heavy atom. The first kappa shape index (κ1) is 18.0. The Hall–Kier alpha value is -1.81. The van der Waals surface area contributed by atoms with Gasteiger partial charge in [-0.1, -0.05) is 0 Å². The molecule has 0 aromatic carbocycles. The molecule has 3 rings (SSSR count). The maximum absolute atomic E-state index is 12.5. The molecule has 0 aromatic rings. The summed E-state index contributed by atoms with van der Waals surface area (Å²) < 4.78 is 0. The van der Waals surface area contributed by atoms with E-state index in [1.54, 1.807) is 0 Å². The molecule has 25 heavy (non-hydrogen) atoms. The number of rotatable bonds is 4. The van der Waals surface area contributed by atoms with Crippen LogP contribution in [0.15, 0.2) is 0 Å². The van der Waals surface area contributed by atoms with Crippen molar-refractivity contribution >= 4 is 11.9 Å². The van der Waals surface area contributed by atoms with Crippen molar-refractivity contribution in [1.82, 2.24) is 20.9 Å². The van der Waals surface area contributed by atoms with Crippen molar-refractivity contribution in [1.29, 1.82) is 5.26 Å². The summed E-state index contributed by atoms with van der Waals surface area (Å²) in [7, 11) is 0. The Kier molecular flexibility index (Phi) is 6.14. The van der Waals surface area contributed by atoms with Gasteiger partial charge in [-0.3, -0.25) is 4.79 Å². The van der Waals surface area contributed by atoms with Crippen molar-refractivity contribution in [2.45, 2.75) is 57.0 Å². The highest BCUT2D eigenvalue weighted by molar-refractivity contribution is 5.82. The van der Waals surface area contributed by atoms with Gasteiger partial charge < -0.3 is 20.9 Å². The Morgan fingerprint density at radius 2 is 2.08 bits per heavy atom. The predicted octanol–water partition coefficient (Wildman–Crippen LogP) is 0.968. The van der Waals surface area contributed by atoms with Crippen LogP contribution in [0.5, 0.6) is 0 Å². The van der Waals surface area contributed by atoms with Crippen LogP contribution in [0.3, 0.4) is 0 Å². The third kappa shape index (κ3) is 4.85. The van der Waals surface area contributed by atoms with E-state index in [0.717, 1.165) is 58.0 Å². The average molecular weight is 347 g/mol. The second kappa shape index (κ2) is 8.52. The van der Waals surface area contributed by atoms with E-state index < -0.39 is 0 Å². The molecule has 1 saturated carbocycles. The average Bonchev–Trinajstić information content (AvgIpc) is 3.31. The van der Waals surface area contributed by atoms with Crippen LogP contribution in [0, 0.1) is 23.2 Å². The molecule has 3 N–H and O–H groups in total. The molecule has 2 aliphatic heterocycles. The van der Waals surface area contributed by atoms with E-state index in [1.807, 2.05) is 4.90 Å². The number of likely N-dealkylation sites (tertiary alicyclic amines) is 1. The number of piperidine rings is 1. The van der Waals surface area contributed by atoms with Crippen LogP contribution >= 0.6 is 0 Å². The van der Waals surface area contributed by atoms with Gasteiger partial charge in [0.25, 0.3) is 0 Å². The second-order valence-corrected chi connectivity index (χ2v) is 7.63. The summed E-state index contributed by atoms with van der Waals surface area (Å²) in [6.07, 6.45) is 6.53. The molecule has 0 bridgehead atoms. The molecule has 2 heterocycles. The number of nitrogens with one attached hydrogen (secondary N) is 3. The van der Waals surface area contributed by atoms with Crippen LogP contribution in [0.25, 0.3) is 0 Å². The number of carbonyl (C=O) groups excluding carboxylic acids is 2. The number of nitrogens with zero attached hydrogens (tertiary/aromatic N) is 2. The largest absolute Gasteiger partial charge is 0.354 e. The number of hydrogen-bond acceptors (Lipinski definition) is 4. The van der Waals surface area contributed by atoms with Crippen molar-refractivity contribution in [2.75, 3.05) is 26.2 Å². The van der Waals surface area contributed by atoms with Crippen molar-refractivity contribution in [2.24, 2.45) is 11.8 Å². The lowest BCUT2D eigenvalue weighted by Crippen LogP contribution is -2.50. The summed E-state index contributed by atoms with van der Waals surface area (Å²) in [5.74, 6) is 0.492. The summed E-state index contributed by atoms with van der Waals surface area (Å²) in [5, 5.41) is 18.3. The number of carbonyl (C=O) groups is 2. The standard InChI is InChI=1S/C18H29N5O2/c19-10-13-5-6-15(9-13)22-18(25)23-8-2-3-14(12-23)11-21-17(24)16-4-1-7-20-16/h13-16,20H,1-9,11-12H2,(H,21,24)(H,22,25)/t13-,14?,15+,16?/m0/s1. The van der Waals surface area contributed by atoms with Gasteiger partial charge in [-0.15, -0.1) is 0 Å². The third-order valence-electron chi connectivity index (χ3n) is 5.69. The van der Waals surface area contributed by atoms with E-state index in [2.05, 4.69) is 22.0 Å². The first-order chi connectivity index (χ1) is 12.2. The van der Waals surface area contributed by atoms with Gasteiger partial charge in [-0.05, 0) is 57.4 Å². The van der Waals surface area contributed by atoms with E-state index in [-0.39, 0.29) is 29.9 Å². The molecule has 138 valence electrons. The minimum absolute atomic E-state index is 0.0166. The molecular weight excluding hydrogens is 318 g/mol. The van der Waals surface area contributed by atoms with Crippen LogP contribution < -0.4 is 16.0 Å². The Balaban J connectivity index is 1.40. The van der Waals surface area contributed by atoms with Crippen LogP contribution in [-0.4, -0.2) is 55.1 Å². The zero-order valence-electron chi connectivity index (χ0n) is 14.8. The van der Waals surface area contributed by atoms with Crippen molar-refractivity contribution < 1.29 is 9.59 Å². The van der Waals surface area contributed by atoms with Gasteiger partial charge in [0.15, 0.2) is 0 Å². The fraction of sp³-hybridized carbons (Fsp3) is 0.833. The minimum atomic E-state index is -0.0431. The highest BCUT2D eigenvalue weighted by Crippen LogP contribution is 2.25. The molecule has 0 radical (unpaired) electrons. The first-order valence-electron chi connectivity index (χ1n) is 9.62. The van der Waals surface area contributed by atoms with Crippen LogP contribution in [0.1, 0.15) is 44.9 Å². The summed E-state index contributed by atoms with van der Waals surface area (Å²) in [4.78, 5) is 26.4. The Bertz CT molecular complexity index is 526. The van der Waals surface area contributed by atoms with E-state index >= 15 is 0 Å². The van der Waals surface area contributed by atoms with Crippen molar-refractivity contribution in [3.05, 3.63) is 0 Å². The fourth-order valence-electron chi connectivity index (χ4n) is 4.19. The van der Waals surface area contributed by atoms with Gasteiger partial charge in [-0.2, -0.15) is 5.26 Å². The molecule has 3 aliphatic rings. The molecule has 4 atom stereocenters. The molecule has 2 unspecified atom stereocenters. The van der Waals surface area contributed by atoms with Gasteiger partial charge in [-0.25, -0.2) is 4.79 Å². The van der Waals surface area contributed by atoms with E-state index in [0.29, 0.717) is 19.0 Å². The number of amides is 3. The van der Waals surface area contributed by atoms with Gasteiger partial charge in [0.1, 0.15) is 0 Å². The van der Waals surface area contributed by atoms with E-state index in [4.69, 9.17) is 5.26 Å². The molecule has 7 nitrogen and oxygen atoms in total. The normalized spacial score (nSPS) is 32.2. The molecule has 3 amide bonds. The third-order valence-corrected chi connectivity index (χ3v) is 5.69. The summed E-state index contributed by atoms with van der Waals surface area (Å²) >= 11 is 0. The Morgan fingerprint density at radius 3 is 2.80 bits per heavy atom.